The highest BCUT2D eigenvalue weighted by molar-refractivity contribution is 7.99. The number of carbonyl (C=O) groups is 2. The van der Waals surface area contributed by atoms with Crippen LogP contribution in [0.4, 0.5) is 5.00 Å². The number of amides is 1. The first-order valence-electron chi connectivity index (χ1n) is 8.34. The first-order chi connectivity index (χ1) is 12.3. The lowest BCUT2D eigenvalue weighted by atomic mass is 10.1. The number of aryl methyl sites for hydroxylation is 1. The highest BCUT2D eigenvalue weighted by atomic mass is 32.2. The number of hydrogen-bond acceptors (Lipinski definition) is 7. The van der Waals surface area contributed by atoms with E-state index in [9.17, 15) is 9.59 Å². The Labute approximate surface area is 161 Å². The summed E-state index contributed by atoms with van der Waals surface area (Å²) in [5.74, 6) is 0.728. The van der Waals surface area contributed by atoms with E-state index in [0.29, 0.717) is 10.6 Å². The topological polar surface area (TPSA) is 86.1 Å². The molecule has 0 radical (unpaired) electrons. The van der Waals surface area contributed by atoms with Crippen molar-refractivity contribution in [3.05, 3.63) is 21.8 Å². The zero-order chi connectivity index (χ0) is 19.4. The van der Waals surface area contributed by atoms with Gasteiger partial charge in [0.1, 0.15) is 10.8 Å². The predicted octanol–water partition coefficient (Wildman–Crippen LogP) is 3.62. The Balaban J connectivity index is 2.09. The number of hydrogen-bond donors (Lipinski definition) is 1. The van der Waals surface area contributed by atoms with Crippen LogP contribution in [0.2, 0.25) is 0 Å². The van der Waals surface area contributed by atoms with Crippen LogP contribution in [0.1, 0.15) is 53.3 Å². The number of thioether (sulfide) groups is 1. The average molecular weight is 397 g/mol. The Morgan fingerprint density at radius 1 is 1.31 bits per heavy atom. The van der Waals surface area contributed by atoms with Gasteiger partial charge in [0.15, 0.2) is 5.16 Å². The van der Waals surface area contributed by atoms with Crippen LogP contribution < -0.4 is 5.32 Å². The van der Waals surface area contributed by atoms with Gasteiger partial charge >= 0.3 is 5.97 Å². The second kappa shape index (κ2) is 8.68. The third-order valence-electron chi connectivity index (χ3n) is 3.94. The van der Waals surface area contributed by atoms with Crippen LogP contribution in [0.25, 0.3) is 0 Å². The number of methoxy groups -OCH3 is 1. The van der Waals surface area contributed by atoms with Gasteiger partial charge in [0.2, 0.25) is 5.91 Å². The van der Waals surface area contributed by atoms with Gasteiger partial charge in [0, 0.05) is 17.3 Å². The first kappa shape index (κ1) is 20.4. The molecule has 2 heterocycles. The molecule has 2 aromatic heterocycles. The Morgan fingerprint density at radius 3 is 2.58 bits per heavy atom. The summed E-state index contributed by atoms with van der Waals surface area (Å²) in [7, 11) is 1.33. The zero-order valence-corrected chi connectivity index (χ0v) is 17.5. The van der Waals surface area contributed by atoms with Crippen molar-refractivity contribution in [2.45, 2.75) is 52.2 Å². The van der Waals surface area contributed by atoms with Crippen molar-refractivity contribution >= 4 is 40.0 Å². The van der Waals surface area contributed by atoms with E-state index in [1.807, 2.05) is 25.3 Å². The minimum Gasteiger partial charge on any atom is -0.465 e. The van der Waals surface area contributed by atoms with Gasteiger partial charge in [-0.3, -0.25) is 4.79 Å². The average Bonchev–Trinajstić information content (AvgIpc) is 3.13. The van der Waals surface area contributed by atoms with Crippen molar-refractivity contribution in [2.24, 2.45) is 0 Å². The van der Waals surface area contributed by atoms with Crippen LogP contribution in [0.15, 0.2) is 5.16 Å². The van der Waals surface area contributed by atoms with E-state index in [2.05, 4.69) is 29.4 Å². The third-order valence-corrected chi connectivity index (χ3v) is 6.03. The standard InChI is InChI=1S/C17H24N4O3S2/c1-7-21-14(9(2)3)19-20-17(21)25-8-12(22)18-15-13(16(23)24-6)10(4)11(5)26-15/h9H,7-8H2,1-6H3,(H,18,22). The lowest BCUT2D eigenvalue weighted by molar-refractivity contribution is -0.113. The minimum absolute atomic E-state index is 0.187. The number of anilines is 1. The molecule has 0 unspecified atom stereocenters. The Hall–Kier alpha value is -1.87. The summed E-state index contributed by atoms with van der Waals surface area (Å²) in [6.07, 6.45) is 0. The molecule has 0 aliphatic heterocycles. The normalized spacial score (nSPS) is 11.0. The molecule has 0 aliphatic rings. The van der Waals surface area contributed by atoms with Gasteiger partial charge < -0.3 is 14.6 Å². The second-order valence-electron chi connectivity index (χ2n) is 6.06. The fourth-order valence-electron chi connectivity index (χ4n) is 2.49. The van der Waals surface area contributed by atoms with E-state index in [4.69, 9.17) is 4.74 Å². The number of nitrogens with zero attached hydrogens (tertiary/aromatic N) is 3. The van der Waals surface area contributed by atoms with Gasteiger partial charge in [-0.1, -0.05) is 25.6 Å². The number of carbonyl (C=O) groups excluding carboxylic acids is 2. The lowest BCUT2D eigenvalue weighted by Gasteiger charge is -2.09. The highest BCUT2D eigenvalue weighted by Gasteiger charge is 2.22. The van der Waals surface area contributed by atoms with Crippen LogP contribution in [0.5, 0.6) is 0 Å². The summed E-state index contributed by atoms with van der Waals surface area (Å²) in [5, 5.41) is 12.5. The molecule has 7 nitrogen and oxygen atoms in total. The van der Waals surface area contributed by atoms with Crippen LogP contribution in [0.3, 0.4) is 0 Å². The molecule has 1 N–H and O–H groups in total. The molecule has 0 spiro atoms. The van der Waals surface area contributed by atoms with E-state index < -0.39 is 5.97 Å². The summed E-state index contributed by atoms with van der Waals surface area (Å²) in [5.41, 5.74) is 1.25. The molecule has 0 saturated carbocycles. The van der Waals surface area contributed by atoms with Crippen molar-refractivity contribution < 1.29 is 14.3 Å². The molecular weight excluding hydrogens is 372 g/mol. The molecule has 2 rings (SSSR count). The van der Waals surface area contributed by atoms with Crippen LogP contribution in [-0.2, 0) is 16.1 Å². The molecule has 0 saturated heterocycles. The van der Waals surface area contributed by atoms with Gasteiger partial charge in [0.25, 0.3) is 0 Å². The van der Waals surface area contributed by atoms with Crippen LogP contribution >= 0.6 is 23.1 Å². The van der Waals surface area contributed by atoms with Gasteiger partial charge in [-0.15, -0.1) is 21.5 Å². The molecule has 0 bridgehead atoms. The Kier molecular flexibility index (Phi) is 6.82. The van der Waals surface area contributed by atoms with Gasteiger partial charge in [-0.25, -0.2) is 4.79 Å². The summed E-state index contributed by atoms with van der Waals surface area (Å²) >= 11 is 2.71. The molecule has 0 aliphatic carbocycles. The quantitative estimate of drug-likeness (QED) is 0.568. The SMILES string of the molecule is CCn1c(SCC(=O)Nc2sc(C)c(C)c2C(=O)OC)nnc1C(C)C. The number of thiophene rings is 1. The van der Waals surface area contributed by atoms with E-state index >= 15 is 0 Å². The summed E-state index contributed by atoms with van der Waals surface area (Å²) in [4.78, 5) is 25.3. The van der Waals surface area contributed by atoms with Crippen molar-refractivity contribution in [3.8, 4) is 0 Å². The molecule has 0 fully saturated rings. The van der Waals surface area contributed by atoms with Gasteiger partial charge in [-0.05, 0) is 26.3 Å². The fraction of sp³-hybridized carbons (Fsp3) is 0.529. The third kappa shape index (κ3) is 4.27. The van der Waals surface area contributed by atoms with Gasteiger partial charge in [-0.2, -0.15) is 0 Å². The van der Waals surface area contributed by atoms with E-state index in [-0.39, 0.29) is 17.6 Å². The van der Waals surface area contributed by atoms with Crippen molar-refractivity contribution in [1.29, 1.82) is 0 Å². The second-order valence-corrected chi connectivity index (χ2v) is 8.22. The maximum atomic E-state index is 12.4. The minimum atomic E-state index is -0.442. The number of esters is 1. The molecule has 9 heteroatoms. The number of aromatic nitrogens is 3. The van der Waals surface area contributed by atoms with E-state index in [0.717, 1.165) is 28.0 Å². The zero-order valence-electron chi connectivity index (χ0n) is 15.9. The number of ether oxygens (including phenoxy) is 1. The lowest BCUT2D eigenvalue weighted by Crippen LogP contribution is -2.16. The fourth-order valence-corrected chi connectivity index (χ4v) is 4.36. The van der Waals surface area contributed by atoms with Crippen molar-refractivity contribution in [3.63, 3.8) is 0 Å². The largest absolute Gasteiger partial charge is 0.465 e. The Morgan fingerprint density at radius 2 is 2.00 bits per heavy atom. The maximum Gasteiger partial charge on any atom is 0.341 e. The molecule has 0 atom stereocenters. The van der Waals surface area contributed by atoms with Crippen molar-refractivity contribution in [2.75, 3.05) is 18.2 Å². The first-order valence-corrected chi connectivity index (χ1v) is 10.1. The van der Waals surface area contributed by atoms with Crippen LogP contribution in [0, 0.1) is 13.8 Å². The smallest absolute Gasteiger partial charge is 0.341 e. The van der Waals surface area contributed by atoms with E-state index in [1.54, 1.807) is 0 Å². The summed E-state index contributed by atoms with van der Waals surface area (Å²) in [6.45, 7) is 10.7. The molecule has 1 amide bonds. The maximum absolute atomic E-state index is 12.4. The monoisotopic (exact) mass is 396 g/mol. The summed E-state index contributed by atoms with van der Waals surface area (Å²) in [6, 6.07) is 0. The molecule has 26 heavy (non-hydrogen) atoms. The summed E-state index contributed by atoms with van der Waals surface area (Å²) < 4.78 is 6.84. The van der Waals surface area contributed by atoms with Crippen LogP contribution in [-0.4, -0.2) is 39.5 Å². The number of nitrogens with one attached hydrogen (secondary N) is 1. The highest BCUT2D eigenvalue weighted by Crippen LogP contribution is 2.33. The Bertz CT molecular complexity index is 811. The predicted molar refractivity (Wildman–Crippen MR) is 104 cm³/mol. The molecule has 142 valence electrons. The molecular formula is C17H24N4O3S2. The molecule has 0 aromatic carbocycles. The van der Waals surface area contributed by atoms with E-state index in [1.165, 1.54) is 30.2 Å². The van der Waals surface area contributed by atoms with Crippen molar-refractivity contribution in [1.82, 2.24) is 14.8 Å². The molecule has 2 aromatic rings. The van der Waals surface area contributed by atoms with Gasteiger partial charge in [0.05, 0.1) is 18.4 Å². The number of rotatable bonds is 7.